The molecule has 3 aromatic rings. The lowest BCUT2D eigenvalue weighted by Crippen LogP contribution is -2.58. The SMILES string of the molecule is COc1c(O)cc2c(O)c3c(O)c(O)c(O[C@@H]4O[C@@H](C)[C@H](O)[C@@H](O)[C@H]4O)cc3c(O)c2c1O. The number of aliphatic hydroxyl groups excluding tert-OH is 3. The van der Waals surface area contributed by atoms with E-state index in [1.54, 1.807) is 0 Å². The van der Waals surface area contributed by atoms with Crippen molar-refractivity contribution in [1.29, 1.82) is 0 Å². The number of methoxy groups -OCH3 is 1. The molecule has 4 rings (SSSR count). The smallest absolute Gasteiger partial charge is 0.229 e. The van der Waals surface area contributed by atoms with E-state index in [0.717, 1.165) is 19.2 Å². The van der Waals surface area contributed by atoms with Crippen molar-refractivity contribution in [2.24, 2.45) is 0 Å². The topological polar surface area (TPSA) is 210 Å². The normalized spacial score (nSPS) is 25.4. The van der Waals surface area contributed by atoms with Crippen molar-refractivity contribution in [2.75, 3.05) is 7.11 Å². The molecule has 178 valence electrons. The van der Waals surface area contributed by atoms with Gasteiger partial charge in [-0.2, -0.15) is 0 Å². The van der Waals surface area contributed by atoms with Crippen LogP contribution < -0.4 is 9.47 Å². The maximum absolute atomic E-state index is 10.8. The Kier molecular flexibility index (Phi) is 5.33. The van der Waals surface area contributed by atoms with Gasteiger partial charge in [0, 0.05) is 10.8 Å². The number of aromatic hydroxyl groups is 6. The number of ether oxygens (including phenoxy) is 3. The van der Waals surface area contributed by atoms with E-state index < -0.39 is 76.3 Å². The molecule has 1 aliphatic rings. The molecule has 12 nitrogen and oxygen atoms in total. The minimum Gasteiger partial charge on any atom is -0.506 e. The zero-order valence-electron chi connectivity index (χ0n) is 17.3. The molecule has 0 bridgehead atoms. The van der Waals surface area contributed by atoms with Gasteiger partial charge in [-0.05, 0) is 19.1 Å². The van der Waals surface area contributed by atoms with Crippen LogP contribution in [0.2, 0.25) is 0 Å². The Balaban J connectivity index is 1.93. The largest absolute Gasteiger partial charge is 0.506 e. The number of phenolic OH excluding ortho intramolecular Hbond substituents is 6. The highest BCUT2D eigenvalue weighted by molar-refractivity contribution is 6.16. The maximum atomic E-state index is 10.8. The van der Waals surface area contributed by atoms with E-state index in [2.05, 4.69) is 0 Å². The summed E-state index contributed by atoms with van der Waals surface area (Å²) in [5.41, 5.74) is 0. The van der Waals surface area contributed by atoms with Crippen molar-refractivity contribution >= 4 is 21.5 Å². The minimum absolute atomic E-state index is 0.254. The number of fused-ring (bicyclic) bond motifs is 2. The van der Waals surface area contributed by atoms with Crippen LogP contribution in [-0.4, -0.2) is 83.8 Å². The van der Waals surface area contributed by atoms with Gasteiger partial charge >= 0.3 is 0 Å². The number of rotatable bonds is 3. The first-order chi connectivity index (χ1) is 15.5. The van der Waals surface area contributed by atoms with Crippen LogP contribution in [0.1, 0.15) is 6.92 Å². The zero-order chi connectivity index (χ0) is 24.4. The van der Waals surface area contributed by atoms with Crippen LogP contribution in [0.3, 0.4) is 0 Å². The summed E-state index contributed by atoms with van der Waals surface area (Å²) in [4.78, 5) is 0. The molecule has 3 aromatic carbocycles. The first-order valence-electron chi connectivity index (χ1n) is 9.71. The van der Waals surface area contributed by atoms with E-state index in [1.807, 2.05) is 0 Å². The van der Waals surface area contributed by atoms with Crippen LogP contribution in [0.15, 0.2) is 12.1 Å². The molecule has 0 aromatic heterocycles. The number of hydrogen-bond donors (Lipinski definition) is 9. The summed E-state index contributed by atoms with van der Waals surface area (Å²) in [5.74, 6) is -5.33. The molecule has 0 aliphatic carbocycles. The predicted molar refractivity (Wildman–Crippen MR) is 111 cm³/mol. The highest BCUT2D eigenvalue weighted by Gasteiger charge is 2.43. The number of aliphatic hydroxyl groups is 3. The Labute approximate surface area is 185 Å². The van der Waals surface area contributed by atoms with E-state index >= 15 is 0 Å². The lowest BCUT2D eigenvalue weighted by Gasteiger charge is -2.38. The zero-order valence-corrected chi connectivity index (χ0v) is 17.3. The second-order valence-corrected chi connectivity index (χ2v) is 7.69. The Morgan fingerprint density at radius 3 is 1.91 bits per heavy atom. The molecular weight excluding hydrogens is 444 g/mol. The number of phenols is 6. The standard InChI is InChI=1S/C21H22O12/c1-5-12(23)18(29)19(30)21(32-5)33-9-4-7-10(16(27)15(9)26)13(24)6-3-8(22)20(31-2)17(28)11(6)14(7)25/h3-5,12,18-19,21-30H,1-2H3/t5-,12-,18+,19+,21-/m0/s1. The van der Waals surface area contributed by atoms with Crippen molar-refractivity contribution in [3.05, 3.63) is 12.1 Å². The van der Waals surface area contributed by atoms with Gasteiger partial charge in [-0.3, -0.25) is 0 Å². The number of benzene rings is 3. The number of hydrogen-bond acceptors (Lipinski definition) is 12. The predicted octanol–water partition coefficient (Wildman–Crippen LogP) is 0.441. The van der Waals surface area contributed by atoms with Gasteiger partial charge in [-0.15, -0.1) is 0 Å². The van der Waals surface area contributed by atoms with Crippen molar-refractivity contribution in [3.63, 3.8) is 0 Å². The fraction of sp³-hybridized carbons (Fsp3) is 0.333. The summed E-state index contributed by atoms with van der Waals surface area (Å²) >= 11 is 0. The molecule has 1 fully saturated rings. The second kappa shape index (κ2) is 7.78. The van der Waals surface area contributed by atoms with Gasteiger partial charge in [0.25, 0.3) is 0 Å². The molecule has 1 aliphatic heterocycles. The molecule has 5 atom stereocenters. The molecular formula is C21H22O12. The van der Waals surface area contributed by atoms with E-state index in [9.17, 15) is 46.0 Å². The fourth-order valence-corrected chi connectivity index (χ4v) is 3.92. The summed E-state index contributed by atoms with van der Waals surface area (Å²) in [5, 5.41) is 91.6. The summed E-state index contributed by atoms with van der Waals surface area (Å²) in [6, 6.07) is 1.99. The average molecular weight is 466 g/mol. The van der Waals surface area contributed by atoms with Gasteiger partial charge in [0.15, 0.2) is 23.0 Å². The first-order valence-corrected chi connectivity index (χ1v) is 9.71. The van der Waals surface area contributed by atoms with E-state index in [-0.39, 0.29) is 21.9 Å². The minimum atomic E-state index is -1.73. The van der Waals surface area contributed by atoms with Crippen LogP contribution in [0.25, 0.3) is 21.5 Å². The van der Waals surface area contributed by atoms with Gasteiger partial charge in [-0.1, -0.05) is 0 Å². The third-order valence-electron chi connectivity index (χ3n) is 5.71. The second-order valence-electron chi connectivity index (χ2n) is 7.69. The summed E-state index contributed by atoms with van der Waals surface area (Å²) in [6.07, 6.45) is -7.30. The van der Waals surface area contributed by atoms with Crippen molar-refractivity contribution < 1.29 is 60.2 Å². The first kappa shape index (κ1) is 22.6. The van der Waals surface area contributed by atoms with Crippen molar-refractivity contribution in [1.82, 2.24) is 0 Å². The molecule has 9 N–H and O–H groups in total. The van der Waals surface area contributed by atoms with E-state index in [4.69, 9.17) is 14.2 Å². The van der Waals surface area contributed by atoms with Crippen LogP contribution in [0.5, 0.6) is 46.0 Å². The molecule has 1 heterocycles. The van der Waals surface area contributed by atoms with Crippen molar-refractivity contribution in [2.45, 2.75) is 37.6 Å². The van der Waals surface area contributed by atoms with Gasteiger partial charge in [0.2, 0.25) is 17.8 Å². The highest BCUT2D eigenvalue weighted by Crippen LogP contribution is 2.56. The van der Waals surface area contributed by atoms with Gasteiger partial charge in [0.05, 0.1) is 24.0 Å². The van der Waals surface area contributed by atoms with Gasteiger partial charge in [-0.25, -0.2) is 0 Å². The Bertz CT molecular complexity index is 1260. The summed E-state index contributed by atoms with van der Waals surface area (Å²) in [6.45, 7) is 1.41. The molecule has 1 saturated heterocycles. The average Bonchev–Trinajstić information content (AvgIpc) is 2.77. The van der Waals surface area contributed by atoms with Crippen LogP contribution in [0.4, 0.5) is 0 Å². The monoisotopic (exact) mass is 466 g/mol. The van der Waals surface area contributed by atoms with E-state index in [0.29, 0.717) is 0 Å². The third kappa shape index (κ3) is 3.23. The molecule has 33 heavy (non-hydrogen) atoms. The highest BCUT2D eigenvalue weighted by atomic mass is 16.7. The maximum Gasteiger partial charge on any atom is 0.229 e. The quantitative estimate of drug-likeness (QED) is 0.146. The molecule has 0 spiro atoms. The molecule has 0 unspecified atom stereocenters. The van der Waals surface area contributed by atoms with Crippen LogP contribution in [-0.2, 0) is 4.74 Å². The Morgan fingerprint density at radius 2 is 1.30 bits per heavy atom. The molecule has 0 amide bonds. The lowest BCUT2D eigenvalue weighted by atomic mass is 9.97. The summed E-state index contributed by atoms with van der Waals surface area (Å²) in [7, 11) is 1.16. The van der Waals surface area contributed by atoms with E-state index in [1.165, 1.54) is 6.92 Å². The lowest BCUT2D eigenvalue weighted by molar-refractivity contribution is -0.268. The van der Waals surface area contributed by atoms with Crippen LogP contribution >= 0.6 is 0 Å². The molecule has 0 saturated carbocycles. The molecule has 12 heteroatoms. The van der Waals surface area contributed by atoms with Crippen LogP contribution in [0, 0.1) is 0 Å². The van der Waals surface area contributed by atoms with Crippen molar-refractivity contribution in [3.8, 4) is 46.0 Å². The van der Waals surface area contributed by atoms with Gasteiger partial charge < -0.3 is 60.2 Å². The summed E-state index contributed by atoms with van der Waals surface area (Å²) < 4.78 is 15.6. The Morgan fingerprint density at radius 1 is 0.727 bits per heavy atom. The molecule has 0 radical (unpaired) electrons. The van der Waals surface area contributed by atoms with Gasteiger partial charge in [0.1, 0.15) is 29.8 Å². The Hall–Kier alpha value is -3.58. The fourth-order valence-electron chi connectivity index (χ4n) is 3.92. The third-order valence-corrected chi connectivity index (χ3v) is 5.71.